The minimum absolute atomic E-state index is 0.0681. The first-order valence-electron chi connectivity index (χ1n) is 4.86. The number of benzene rings is 1. The van der Waals surface area contributed by atoms with Crippen molar-refractivity contribution < 1.29 is 4.74 Å². The Labute approximate surface area is 85.2 Å². The second-order valence-corrected chi connectivity index (χ2v) is 3.51. The summed E-state index contributed by atoms with van der Waals surface area (Å²) in [5.74, 6) is 5.46. The third-order valence-electron chi connectivity index (χ3n) is 2.00. The second-order valence-electron chi connectivity index (χ2n) is 3.51. The highest BCUT2D eigenvalue weighted by Gasteiger charge is 2.09. The van der Waals surface area contributed by atoms with Crippen LogP contribution in [0.25, 0.3) is 0 Å². The van der Waals surface area contributed by atoms with Crippen molar-refractivity contribution in [3.05, 3.63) is 35.9 Å². The lowest BCUT2D eigenvalue weighted by atomic mass is 10.1. The van der Waals surface area contributed by atoms with Gasteiger partial charge in [-0.05, 0) is 19.4 Å². The molecule has 1 rings (SSSR count). The Kier molecular flexibility index (Phi) is 4.59. The summed E-state index contributed by atoms with van der Waals surface area (Å²) in [5, 5.41) is 0. The smallest absolute Gasteiger partial charge is 0.0694 e. The number of nitrogens with one attached hydrogen (secondary N) is 1. The van der Waals surface area contributed by atoms with Gasteiger partial charge >= 0.3 is 0 Å². The molecule has 1 unspecified atom stereocenters. The number of nitrogens with two attached hydrogens (primary N) is 1. The highest BCUT2D eigenvalue weighted by Crippen LogP contribution is 2.12. The van der Waals surface area contributed by atoms with Crippen LogP contribution in [-0.4, -0.2) is 12.7 Å². The van der Waals surface area contributed by atoms with E-state index in [0.717, 1.165) is 5.56 Å². The van der Waals surface area contributed by atoms with Crippen molar-refractivity contribution >= 4 is 0 Å². The highest BCUT2D eigenvalue weighted by atomic mass is 16.5. The zero-order valence-corrected chi connectivity index (χ0v) is 8.73. The summed E-state index contributed by atoms with van der Waals surface area (Å²) in [4.78, 5) is 0. The van der Waals surface area contributed by atoms with Gasteiger partial charge < -0.3 is 4.74 Å². The molecule has 0 aliphatic heterocycles. The molecular weight excluding hydrogens is 176 g/mol. The molecule has 1 atom stereocenters. The van der Waals surface area contributed by atoms with Gasteiger partial charge in [0.1, 0.15) is 0 Å². The van der Waals surface area contributed by atoms with E-state index in [2.05, 4.69) is 5.43 Å². The van der Waals surface area contributed by atoms with E-state index in [4.69, 9.17) is 10.6 Å². The number of hydrogen-bond acceptors (Lipinski definition) is 3. The van der Waals surface area contributed by atoms with Gasteiger partial charge in [0, 0.05) is 0 Å². The van der Waals surface area contributed by atoms with E-state index >= 15 is 0 Å². The van der Waals surface area contributed by atoms with Crippen molar-refractivity contribution in [3.63, 3.8) is 0 Å². The van der Waals surface area contributed by atoms with Gasteiger partial charge in [-0.25, -0.2) is 0 Å². The monoisotopic (exact) mass is 194 g/mol. The number of hydrogen-bond donors (Lipinski definition) is 2. The van der Waals surface area contributed by atoms with E-state index in [1.807, 2.05) is 44.2 Å². The average molecular weight is 194 g/mol. The van der Waals surface area contributed by atoms with Gasteiger partial charge in [0.2, 0.25) is 0 Å². The molecule has 3 nitrogen and oxygen atoms in total. The lowest BCUT2D eigenvalue weighted by Crippen LogP contribution is -2.32. The van der Waals surface area contributed by atoms with Gasteiger partial charge in [-0.2, -0.15) is 0 Å². The molecule has 0 aliphatic rings. The van der Waals surface area contributed by atoms with Gasteiger partial charge in [-0.3, -0.25) is 11.3 Å². The third-order valence-corrected chi connectivity index (χ3v) is 2.00. The molecule has 0 radical (unpaired) electrons. The minimum Gasteiger partial charge on any atom is -0.377 e. The molecule has 0 spiro atoms. The van der Waals surface area contributed by atoms with Gasteiger partial charge in [-0.15, -0.1) is 0 Å². The fraction of sp³-hybridized carbons (Fsp3) is 0.455. The first-order valence-corrected chi connectivity index (χ1v) is 4.86. The predicted octanol–water partition coefficient (Wildman–Crippen LogP) is 1.62. The molecule has 0 saturated carbocycles. The van der Waals surface area contributed by atoms with Crippen LogP contribution in [0.2, 0.25) is 0 Å². The van der Waals surface area contributed by atoms with Crippen LogP contribution in [0.3, 0.4) is 0 Å². The Morgan fingerprint density at radius 1 is 1.29 bits per heavy atom. The van der Waals surface area contributed by atoms with Crippen molar-refractivity contribution in [2.24, 2.45) is 5.84 Å². The maximum Gasteiger partial charge on any atom is 0.0694 e. The molecule has 0 saturated heterocycles. The van der Waals surface area contributed by atoms with E-state index in [0.29, 0.717) is 6.61 Å². The normalized spacial score (nSPS) is 13.1. The standard InChI is InChI=1S/C11H18N2O/c1-9(2)14-8-11(13-12)10-6-4-3-5-7-10/h3-7,9,11,13H,8,12H2,1-2H3. The van der Waals surface area contributed by atoms with Crippen LogP contribution < -0.4 is 11.3 Å². The molecule has 0 heterocycles. The van der Waals surface area contributed by atoms with Crippen LogP contribution in [0, 0.1) is 0 Å². The van der Waals surface area contributed by atoms with Crippen LogP contribution in [0.4, 0.5) is 0 Å². The number of ether oxygens (including phenoxy) is 1. The lowest BCUT2D eigenvalue weighted by Gasteiger charge is -2.17. The van der Waals surface area contributed by atoms with E-state index in [9.17, 15) is 0 Å². The molecular formula is C11H18N2O. The zero-order valence-electron chi connectivity index (χ0n) is 8.73. The first kappa shape index (κ1) is 11.2. The Balaban J connectivity index is 2.54. The van der Waals surface area contributed by atoms with Gasteiger partial charge in [0.15, 0.2) is 0 Å². The fourth-order valence-corrected chi connectivity index (χ4v) is 1.21. The van der Waals surface area contributed by atoms with Crippen molar-refractivity contribution in [2.75, 3.05) is 6.61 Å². The largest absolute Gasteiger partial charge is 0.377 e. The summed E-state index contributed by atoms with van der Waals surface area (Å²) in [5.41, 5.74) is 3.90. The summed E-state index contributed by atoms with van der Waals surface area (Å²) in [6.45, 7) is 4.62. The highest BCUT2D eigenvalue weighted by molar-refractivity contribution is 5.18. The van der Waals surface area contributed by atoms with Crippen molar-refractivity contribution in [3.8, 4) is 0 Å². The van der Waals surface area contributed by atoms with E-state index < -0.39 is 0 Å². The van der Waals surface area contributed by atoms with E-state index in [-0.39, 0.29) is 12.1 Å². The second kappa shape index (κ2) is 5.75. The molecule has 0 aromatic heterocycles. The van der Waals surface area contributed by atoms with E-state index in [1.54, 1.807) is 0 Å². The van der Waals surface area contributed by atoms with Crippen molar-refractivity contribution in [2.45, 2.75) is 26.0 Å². The Morgan fingerprint density at radius 2 is 1.93 bits per heavy atom. The summed E-state index contributed by atoms with van der Waals surface area (Å²) in [7, 11) is 0. The molecule has 14 heavy (non-hydrogen) atoms. The predicted molar refractivity (Wildman–Crippen MR) is 57.6 cm³/mol. The van der Waals surface area contributed by atoms with Crippen molar-refractivity contribution in [1.29, 1.82) is 0 Å². The molecule has 0 bridgehead atoms. The quantitative estimate of drug-likeness (QED) is 0.553. The Hall–Kier alpha value is -0.900. The van der Waals surface area contributed by atoms with Crippen LogP contribution in [0.5, 0.6) is 0 Å². The fourth-order valence-electron chi connectivity index (χ4n) is 1.21. The maximum atomic E-state index is 5.51. The van der Waals surface area contributed by atoms with Gasteiger partial charge in [-0.1, -0.05) is 30.3 Å². The zero-order chi connectivity index (χ0) is 10.4. The summed E-state index contributed by atoms with van der Waals surface area (Å²) >= 11 is 0. The number of rotatable bonds is 5. The SMILES string of the molecule is CC(C)OCC(NN)c1ccccc1. The van der Waals surface area contributed by atoms with Gasteiger partial charge in [0.25, 0.3) is 0 Å². The summed E-state index contributed by atoms with van der Waals surface area (Å²) in [6.07, 6.45) is 0.231. The molecule has 78 valence electrons. The van der Waals surface area contributed by atoms with Crippen LogP contribution in [-0.2, 0) is 4.74 Å². The molecule has 3 heteroatoms. The third kappa shape index (κ3) is 3.46. The van der Waals surface area contributed by atoms with Crippen molar-refractivity contribution in [1.82, 2.24) is 5.43 Å². The number of hydrazine groups is 1. The molecule has 1 aromatic rings. The summed E-state index contributed by atoms with van der Waals surface area (Å²) in [6, 6.07) is 10.1. The van der Waals surface area contributed by atoms with E-state index in [1.165, 1.54) is 0 Å². The molecule has 1 aromatic carbocycles. The summed E-state index contributed by atoms with van der Waals surface area (Å²) < 4.78 is 5.51. The molecule has 0 aliphatic carbocycles. The Bertz CT molecular complexity index is 249. The van der Waals surface area contributed by atoms with Crippen LogP contribution in [0.1, 0.15) is 25.5 Å². The minimum atomic E-state index is 0.0681. The first-order chi connectivity index (χ1) is 6.74. The van der Waals surface area contributed by atoms with Gasteiger partial charge in [0.05, 0.1) is 18.8 Å². The Morgan fingerprint density at radius 3 is 2.43 bits per heavy atom. The molecule has 0 fully saturated rings. The molecule has 0 amide bonds. The topological polar surface area (TPSA) is 47.3 Å². The maximum absolute atomic E-state index is 5.51. The molecule has 3 N–H and O–H groups in total. The van der Waals surface area contributed by atoms with Crippen LogP contribution in [0.15, 0.2) is 30.3 Å². The van der Waals surface area contributed by atoms with Crippen LogP contribution >= 0.6 is 0 Å². The average Bonchev–Trinajstić information content (AvgIpc) is 2.20. The lowest BCUT2D eigenvalue weighted by molar-refractivity contribution is 0.0611.